The number of carboxylic acids is 1. The Labute approximate surface area is 133 Å². The minimum atomic E-state index is -1.13. The van der Waals surface area contributed by atoms with Gasteiger partial charge in [0.05, 0.1) is 0 Å². The second-order valence-corrected chi connectivity index (χ2v) is 6.81. The van der Waals surface area contributed by atoms with Crippen LogP contribution in [-0.4, -0.2) is 40.1 Å². The lowest BCUT2D eigenvalue weighted by Crippen LogP contribution is -2.40. The first-order valence-corrected chi connectivity index (χ1v) is 8.16. The van der Waals surface area contributed by atoms with Gasteiger partial charge in [-0.3, -0.25) is 4.79 Å². The van der Waals surface area contributed by atoms with Crippen LogP contribution in [0.3, 0.4) is 0 Å². The number of fused-ring (bicyclic) bond motifs is 3. The smallest absolute Gasteiger partial charge is 0.341 e. The molecule has 2 aromatic rings. The highest BCUT2D eigenvalue weighted by Gasteiger charge is 2.40. The molecular weight excluding hydrogens is 292 g/mol. The summed E-state index contributed by atoms with van der Waals surface area (Å²) in [7, 11) is 2.15. The van der Waals surface area contributed by atoms with Crippen molar-refractivity contribution in [1.29, 1.82) is 0 Å². The van der Waals surface area contributed by atoms with Crippen LogP contribution in [0.4, 0.5) is 0 Å². The summed E-state index contributed by atoms with van der Waals surface area (Å²) in [5, 5.41) is 10.1. The Hall–Kier alpha value is -2.14. The van der Waals surface area contributed by atoms with Gasteiger partial charge >= 0.3 is 5.97 Å². The molecule has 2 saturated heterocycles. The largest absolute Gasteiger partial charge is 0.477 e. The number of aromatic carboxylic acids is 1. The number of benzene rings is 1. The van der Waals surface area contributed by atoms with E-state index in [1.165, 1.54) is 0 Å². The average Bonchev–Trinajstić information content (AvgIpc) is 2.75. The number of H-pyrrole nitrogens is 1. The van der Waals surface area contributed by atoms with Gasteiger partial charge in [-0.25, -0.2) is 4.79 Å². The highest BCUT2D eigenvalue weighted by Crippen LogP contribution is 2.42. The number of nitrogens with one attached hydrogen (secondary N) is 1. The molecule has 0 amide bonds. The average molecular weight is 312 g/mol. The van der Waals surface area contributed by atoms with Crippen LogP contribution in [0.15, 0.2) is 29.1 Å². The molecule has 2 unspecified atom stereocenters. The first-order valence-electron chi connectivity index (χ1n) is 8.16. The monoisotopic (exact) mass is 312 g/mol. The molecule has 4 rings (SSSR count). The van der Waals surface area contributed by atoms with Gasteiger partial charge in [-0.05, 0) is 44.9 Å². The number of carbonyl (C=O) groups is 1. The maximum Gasteiger partial charge on any atom is 0.341 e. The summed E-state index contributed by atoms with van der Waals surface area (Å²) in [4.78, 5) is 30.1. The second kappa shape index (κ2) is 5.20. The normalized spacial score (nSPS) is 27.4. The summed E-state index contributed by atoms with van der Waals surface area (Å²) in [6, 6.07) is 8.14. The van der Waals surface area contributed by atoms with Gasteiger partial charge in [-0.2, -0.15) is 0 Å². The van der Waals surface area contributed by atoms with Crippen molar-refractivity contribution in [1.82, 2.24) is 9.88 Å². The summed E-state index contributed by atoms with van der Waals surface area (Å²) < 4.78 is 0. The molecule has 1 aromatic carbocycles. The van der Waals surface area contributed by atoms with Crippen molar-refractivity contribution < 1.29 is 9.90 Å². The molecule has 0 spiro atoms. The second-order valence-electron chi connectivity index (χ2n) is 6.81. The molecule has 0 saturated carbocycles. The number of carboxylic acid groups (broad SMARTS) is 1. The lowest BCUT2D eigenvalue weighted by molar-refractivity contribution is 0.0691. The maximum atomic E-state index is 12.7. The van der Waals surface area contributed by atoms with E-state index >= 15 is 0 Å². The van der Waals surface area contributed by atoms with Crippen LogP contribution in [0.2, 0.25) is 0 Å². The van der Waals surface area contributed by atoms with E-state index in [0.717, 1.165) is 31.2 Å². The minimum absolute atomic E-state index is 0.0716. The van der Waals surface area contributed by atoms with Crippen LogP contribution >= 0.6 is 0 Å². The van der Waals surface area contributed by atoms with Crippen LogP contribution < -0.4 is 5.43 Å². The van der Waals surface area contributed by atoms with Gasteiger partial charge in [0.1, 0.15) is 5.56 Å². The van der Waals surface area contributed by atoms with E-state index in [1.807, 2.05) is 12.1 Å². The molecule has 5 nitrogen and oxygen atoms in total. The first kappa shape index (κ1) is 14.5. The zero-order valence-electron chi connectivity index (χ0n) is 13.1. The fraction of sp³-hybridized carbons (Fsp3) is 0.444. The molecule has 2 fully saturated rings. The number of piperidine rings is 1. The van der Waals surface area contributed by atoms with E-state index in [9.17, 15) is 14.7 Å². The number of aromatic amines is 1. The molecule has 2 bridgehead atoms. The van der Waals surface area contributed by atoms with Crippen molar-refractivity contribution in [2.75, 3.05) is 7.05 Å². The Balaban J connectivity index is 1.88. The first-order chi connectivity index (χ1) is 11.1. The molecule has 0 aliphatic carbocycles. The van der Waals surface area contributed by atoms with Crippen LogP contribution in [-0.2, 0) is 0 Å². The zero-order valence-corrected chi connectivity index (χ0v) is 13.1. The minimum Gasteiger partial charge on any atom is -0.477 e. The fourth-order valence-electron chi connectivity index (χ4n) is 4.42. The zero-order chi connectivity index (χ0) is 16.1. The Kier molecular flexibility index (Phi) is 3.27. The molecule has 2 atom stereocenters. The van der Waals surface area contributed by atoms with Gasteiger partial charge in [-0.1, -0.05) is 12.1 Å². The van der Waals surface area contributed by atoms with E-state index in [1.54, 1.807) is 12.1 Å². The molecule has 2 aliphatic heterocycles. The topological polar surface area (TPSA) is 73.4 Å². The van der Waals surface area contributed by atoms with E-state index in [4.69, 9.17) is 0 Å². The van der Waals surface area contributed by atoms with Crippen LogP contribution in [0, 0.1) is 0 Å². The summed E-state index contributed by atoms with van der Waals surface area (Å²) in [5.41, 5.74) is 0.903. The SMILES string of the molecule is CN1C2CCC1CC(c1[nH]c3ccccc3c(=O)c1C(=O)O)C2. The summed E-state index contributed by atoms with van der Waals surface area (Å²) in [6.45, 7) is 0. The van der Waals surface area contributed by atoms with Crippen molar-refractivity contribution in [3.63, 3.8) is 0 Å². The molecule has 1 aromatic heterocycles. The lowest BCUT2D eigenvalue weighted by atomic mass is 9.85. The molecule has 0 radical (unpaired) electrons. The number of pyridine rings is 1. The quantitative estimate of drug-likeness (QED) is 0.894. The van der Waals surface area contributed by atoms with Crippen LogP contribution in [0.1, 0.15) is 47.7 Å². The van der Waals surface area contributed by atoms with Crippen molar-refractivity contribution in [3.8, 4) is 0 Å². The van der Waals surface area contributed by atoms with Gasteiger partial charge in [0.15, 0.2) is 0 Å². The van der Waals surface area contributed by atoms with Crippen molar-refractivity contribution >= 4 is 16.9 Å². The predicted molar refractivity (Wildman–Crippen MR) is 88.1 cm³/mol. The Morgan fingerprint density at radius 3 is 2.52 bits per heavy atom. The molecule has 2 aliphatic rings. The number of para-hydroxylation sites is 1. The Bertz CT molecular complexity index is 828. The summed E-state index contributed by atoms with van der Waals surface area (Å²) in [6.07, 6.45) is 4.17. The molecule has 120 valence electrons. The third-order valence-electron chi connectivity index (χ3n) is 5.66. The van der Waals surface area contributed by atoms with E-state index in [2.05, 4.69) is 16.9 Å². The molecule has 23 heavy (non-hydrogen) atoms. The van der Waals surface area contributed by atoms with E-state index in [-0.39, 0.29) is 16.9 Å². The van der Waals surface area contributed by atoms with Crippen molar-refractivity contribution in [2.45, 2.75) is 43.7 Å². The van der Waals surface area contributed by atoms with Crippen LogP contribution in [0.25, 0.3) is 10.9 Å². The Morgan fingerprint density at radius 1 is 1.22 bits per heavy atom. The number of nitrogens with zero attached hydrogens (tertiary/aromatic N) is 1. The number of hydrogen-bond donors (Lipinski definition) is 2. The third-order valence-corrected chi connectivity index (χ3v) is 5.66. The van der Waals surface area contributed by atoms with E-state index < -0.39 is 5.97 Å². The van der Waals surface area contributed by atoms with Gasteiger partial charge in [0.2, 0.25) is 5.43 Å². The molecule has 3 heterocycles. The molecule has 5 heteroatoms. The van der Waals surface area contributed by atoms with Gasteiger partial charge < -0.3 is 15.0 Å². The van der Waals surface area contributed by atoms with Gasteiger partial charge in [0.25, 0.3) is 0 Å². The summed E-state index contributed by atoms with van der Waals surface area (Å²) >= 11 is 0. The standard InChI is InChI=1S/C18H20N2O3/c1-20-11-6-7-12(20)9-10(8-11)16-15(18(22)23)17(21)13-4-2-3-5-14(13)19-16/h2-5,10-12H,6-9H2,1H3,(H,19,21)(H,22,23). The fourth-order valence-corrected chi connectivity index (χ4v) is 4.42. The molecule has 2 N–H and O–H groups in total. The van der Waals surface area contributed by atoms with Gasteiger partial charge in [0, 0.05) is 34.6 Å². The highest BCUT2D eigenvalue weighted by molar-refractivity contribution is 5.94. The van der Waals surface area contributed by atoms with Crippen molar-refractivity contribution in [3.05, 3.63) is 45.7 Å². The molecular formula is C18H20N2O3. The van der Waals surface area contributed by atoms with Crippen molar-refractivity contribution in [2.24, 2.45) is 0 Å². The number of aromatic nitrogens is 1. The third kappa shape index (κ3) is 2.18. The number of rotatable bonds is 2. The van der Waals surface area contributed by atoms with Crippen LogP contribution in [0.5, 0.6) is 0 Å². The number of hydrogen-bond acceptors (Lipinski definition) is 3. The lowest BCUT2D eigenvalue weighted by Gasteiger charge is -2.36. The maximum absolute atomic E-state index is 12.7. The highest BCUT2D eigenvalue weighted by atomic mass is 16.4. The Morgan fingerprint density at radius 2 is 1.87 bits per heavy atom. The van der Waals surface area contributed by atoms with E-state index in [0.29, 0.717) is 23.2 Å². The predicted octanol–water partition coefficient (Wildman–Crippen LogP) is 2.57. The van der Waals surface area contributed by atoms with Gasteiger partial charge in [-0.15, -0.1) is 0 Å². The summed E-state index contributed by atoms with van der Waals surface area (Å²) in [5.74, 6) is -1.01.